The molecule has 1 saturated carbocycles. The molecule has 1 amide bonds. The van der Waals surface area contributed by atoms with Gasteiger partial charge in [0.15, 0.2) is 0 Å². The lowest BCUT2D eigenvalue weighted by Crippen LogP contribution is -2.28. The van der Waals surface area contributed by atoms with Crippen molar-refractivity contribution in [3.05, 3.63) is 64.8 Å². The van der Waals surface area contributed by atoms with E-state index < -0.39 is 0 Å². The van der Waals surface area contributed by atoms with Gasteiger partial charge in [-0.25, -0.2) is 0 Å². The number of halogens is 1. The molecule has 1 heterocycles. The molecule has 1 aromatic heterocycles. The molecule has 0 aliphatic heterocycles. The van der Waals surface area contributed by atoms with Crippen LogP contribution in [0.3, 0.4) is 0 Å². The fourth-order valence-electron chi connectivity index (χ4n) is 3.09. The molecule has 1 fully saturated rings. The van der Waals surface area contributed by atoms with E-state index in [0.717, 1.165) is 21.7 Å². The normalized spacial score (nSPS) is 15.2. The zero-order chi connectivity index (χ0) is 18.3. The number of rotatable bonds is 5. The number of hydrogen-bond donors (Lipinski definition) is 1. The van der Waals surface area contributed by atoms with Crippen molar-refractivity contribution in [1.29, 1.82) is 0 Å². The van der Waals surface area contributed by atoms with Crippen LogP contribution >= 0.6 is 23.4 Å². The highest BCUT2D eigenvalue weighted by atomic mass is 35.5. The van der Waals surface area contributed by atoms with E-state index >= 15 is 0 Å². The number of benzene rings is 2. The first-order valence-corrected chi connectivity index (χ1v) is 10.1. The van der Waals surface area contributed by atoms with Gasteiger partial charge in [0, 0.05) is 33.1 Å². The predicted octanol–water partition coefficient (Wildman–Crippen LogP) is 5.58. The summed E-state index contributed by atoms with van der Waals surface area (Å²) in [6, 6.07) is 16.0. The molecule has 1 aliphatic rings. The van der Waals surface area contributed by atoms with Gasteiger partial charge in [0.25, 0.3) is 5.91 Å². The zero-order valence-corrected chi connectivity index (χ0v) is 16.4. The van der Waals surface area contributed by atoms with Crippen LogP contribution in [-0.2, 0) is 7.05 Å². The average molecular weight is 385 g/mol. The first-order valence-electron chi connectivity index (χ1n) is 8.84. The monoisotopic (exact) mass is 384 g/mol. The molecule has 0 radical (unpaired) electrons. The van der Waals surface area contributed by atoms with Crippen LogP contribution in [0.1, 0.15) is 41.9 Å². The van der Waals surface area contributed by atoms with Crippen LogP contribution in [0.4, 0.5) is 0 Å². The van der Waals surface area contributed by atoms with E-state index in [4.69, 9.17) is 11.6 Å². The van der Waals surface area contributed by atoms with E-state index in [1.807, 2.05) is 54.6 Å². The highest BCUT2D eigenvalue weighted by Crippen LogP contribution is 2.39. The molecule has 0 saturated heterocycles. The number of aryl methyl sites for hydroxylation is 1. The zero-order valence-electron chi connectivity index (χ0n) is 14.8. The summed E-state index contributed by atoms with van der Waals surface area (Å²) in [5.41, 5.74) is 2.70. The van der Waals surface area contributed by atoms with Crippen LogP contribution in [-0.4, -0.2) is 15.7 Å². The van der Waals surface area contributed by atoms with Crippen molar-refractivity contribution in [2.24, 2.45) is 7.05 Å². The molecule has 5 heteroatoms. The molecule has 0 spiro atoms. The minimum Gasteiger partial charge on any atom is -0.344 e. The molecule has 1 aliphatic carbocycles. The lowest BCUT2D eigenvalue weighted by atomic mass is 10.1. The van der Waals surface area contributed by atoms with Crippen molar-refractivity contribution >= 4 is 40.2 Å². The Hall–Kier alpha value is -1.91. The van der Waals surface area contributed by atoms with Crippen LogP contribution in [0.5, 0.6) is 0 Å². The Bertz CT molecular complexity index is 960. The van der Waals surface area contributed by atoms with Gasteiger partial charge >= 0.3 is 0 Å². The largest absolute Gasteiger partial charge is 0.344 e. The van der Waals surface area contributed by atoms with Crippen LogP contribution in [0.15, 0.2) is 53.4 Å². The smallest absolute Gasteiger partial charge is 0.268 e. The summed E-state index contributed by atoms with van der Waals surface area (Å²) in [5.74, 6) is -0.0799. The van der Waals surface area contributed by atoms with Crippen LogP contribution in [0.2, 0.25) is 5.02 Å². The lowest BCUT2D eigenvalue weighted by molar-refractivity contribution is 0.0932. The van der Waals surface area contributed by atoms with Gasteiger partial charge in [0.05, 0.1) is 6.04 Å². The number of carbonyl (C=O) groups excluding carboxylic acids is 1. The van der Waals surface area contributed by atoms with Gasteiger partial charge in [-0.3, -0.25) is 4.79 Å². The summed E-state index contributed by atoms with van der Waals surface area (Å²) in [7, 11) is 1.89. The number of nitrogens with zero attached hydrogens (tertiary/aromatic N) is 1. The minimum atomic E-state index is -0.0799. The summed E-state index contributed by atoms with van der Waals surface area (Å²) in [5, 5.41) is 5.59. The molecule has 1 atom stereocenters. The Morgan fingerprint density at radius 3 is 2.62 bits per heavy atom. The summed E-state index contributed by atoms with van der Waals surface area (Å²) >= 11 is 8.02. The third-order valence-electron chi connectivity index (χ3n) is 4.79. The van der Waals surface area contributed by atoms with Crippen molar-refractivity contribution in [2.75, 3.05) is 0 Å². The van der Waals surface area contributed by atoms with Crippen LogP contribution in [0.25, 0.3) is 10.9 Å². The van der Waals surface area contributed by atoms with Crippen LogP contribution < -0.4 is 5.32 Å². The quantitative estimate of drug-likeness (QED) is 0.623. The fraction of sp³-hybridized carbons (Fsp3) is 0.286. The maximum atomic E-state index is 12.8. The predicted molar refractivity (Wildman–Crippen MR) is 109 cm³/mol. The molecule has 0 bridgehead atoms. The van der Waals surface area contributed by atoms with Gasteiger partial charge in [-0.05, 0) is 55.7 Å². The first-order chi connectivity index (χ1) is 12.5. The standard InChI is InChI=1S/C21H21ClN2OS/c1-13(14-4-7-17(8-5-14)26-18-9-10-18)23-21(25)20-11-15-3-6-16(22)12-19(15)24(20)2/h3-8,11-13,18H,9-10H2,1-2H3,(H,23,25). The molecule has 2 aromatic carbocycles. The van der Waals surface area contributed by atoms with Crippen LogP contribution in [0, 0.1) is 0 Å². The number of thioether (sulfide) groups is 1. The molecule has 3 nitrogen and oxygen atoms in total. The molecule has 26 heavy (non-hydrogen) atoms. The third-order valence-corrected chi connectivity index (χ3v) is 6.38. The Balaban J connectivity index is 1.49. The van der Waals surface area contributed by atoms with E-state index in [1.54, 1.807) is 0 Å². The Labute approximate surface area is 162 Å². The molecule has 4 rings (SSSR count). The highest BCUT2D eigenvalue weighted by Gasteiger charge is 2.22. The maximum Gasteiger partial charge on any atom is 0.268 e. The van der Waals surface area contributed by atoms with Gasteiger partial charge in [-0.2, -0.15) is 0 Å². The second kappa shape index (κ2) is 7.01. The van der Waals surface area contributed by atoms with Gasteiger partial charge in [0.2, 0.25) is 0 Å². The second-order valence-corrected chi connectivity index (χ2v) is 8.68. The Kier molecular flexibility index (Phi) is 4.72. The lowest BCUT2D eigenvalue weighted by Gasteiger charge is -2.15. The number of nitrogens with one attached hydrogen (secondary N) is 1. The second-order valence-electron chi connectivity index (χ2n) is 6.87. The molecule has 134 valence electrons. The van der Waals surface area contributed by atoms with E-state index in [-0.39, 0.29) is 11.9 Å². The van der Waals surface area contributed by atoms with Gasteiger partial charge < -0.3 is 9.88 Å². The number of aromatic nitrogens is 1. The topological polar surface area (TPSA) is 34.0 Å². The minimum absolute atomic E-state index is 0.0518. The molecule has 3 aromatic rings. The van der Waals surface area contributed by atoms with Crippen molar-refractivity contribution < 1.29 is 4.79 Å². The van der Waals surface area contributed by atoms with Gasteiger partial charge in [0.1, 0.15) is 5.69 Å². The molecule has 1 unspecified atom stereocenters. The van der Waals surface area contributed by atoms with Crippen molar-refractivity contribution in [2.45, 2.75) is 36.0 Å². The van der Waals surface area contributed by atoms with E-state index in [9.17, 15) is 4.79 Å². The third kappa shape index (κ3) is 3.62. The molecule has 1 N–H and O–H groups in total. The Morgan fingerprint density at radius 2 is 1.92 bits per heavy atom. The van der Waals surface area contributed by atoms with E-state index in [2.05, 4.69) is 29.6 Å². The number of fused-ring (bicyclic) bond motifs is 1. The highest BCUT2D eigenvalue weighted by molar-refractivity contribution is 8.00. The van der Waals surface area contributed by atoms with Gasteiger partial charge in [-0.1, -0.05) is 29.8 Å². The van der Waals surface area contributed by atoms with Crippen molar-refractivity contribution in [1.82, 2.24) is 9.88 Å². The van der Waals surface area contributed by atoms with Crippen molar-refractivity contribution in [3.63, 3.8) is 0 Å². The number of hydrogen-bond acceptors (Lipinski definition) is 2. The maximum absolute atomic E-state index is 12.8. The average Bonchev–Trinajstić information content (AvgIpc) is 3.38. The SMILES string of the molecule is CC(NC(=O)c1cc2ccc(Cl)cc2n1C)c1ccc(SC2CC2)cc1. The summed E-state index contributed by atoms with van der Waals surface area (Å²) in [6.07, 6.45) is 2.66. The Morgan fingerprint density at radius 1 is 1.19 bits per heavy atom. The molecular formula is C21H21ClN2OS. The van der Waals surface area contributed by atoms with E-state index in [1.165, 1.54) is 17.7 Å². The van der Waals surface area contributed by atoms with E-state index in [0.29, 0.717) is 10.7 Å². The summed E-state index contributed by atoms with van der Waals surface area (Å²) in [4.78, 5) is 14.1. The molecular weight excluding hydrogens is 364 g/mol. The summed E-state index contributed by atoms with van der Waals surface area (Å²) in [6.45, 7) is 2.01. The number of carbonyl (C=O) groups is 1. The fourth-order valence-corrected chi connectivity index (χ4v) is 4.30. The first kappa shape index (κ1) is 17.5. The van der Waals surface area contributed by atoms with Crippen molar-refractivity contribution in [3.8, 4) is 0 Å². The summed E-state index contributed by atoms with van der Waals surface area (Å²) < 4.78 is 1.89. The van der Waals surface area contributed by atoms with Gasteiger partial charge in [-0.15, -0.1) is 11.8 Å². The number of amides is 1.